The largest absolute Gasteiger partial charge is 1.00 e. The zero-order valence-corrected chi connectivity index (χ0v) is 79.4. The van der Waals surface area contributed by atoms with Gasteiger partial charge in [-0.05, 0) is 128 Å². The fourth-order valence-corrected chi connectivity index (χ4v) is 37.1. The van der Waals surface area contributed by atoms with Crippen molar-refractivity contribution in [1.82, 2.24) is 0 Å². The lowest BCUT2D eigenvalue weighted by Crippen LogP contribution is -3.00. The number of hydrogen-bond acceptors (Lipinski definition) is 0. The van der Waals surface area contributed by atoms with Crippen LogP contribution in [0.4, 0.5) is 0 Å². The van der Waals surface area contributed by atoms with Crippen LogP contribution in [0.1, 0.15) is 522 Å². The van der Waals surface area contributed by atoms with Gasteiger partial charge in [0, 0.05) is 29.0 Å². The molecule has 0 rings (SSSR count). The van der Waals surface area contributed by atoms with E-state index in [9.17, 15) is 0 Å². The average molecular weight is 1560 g/mol. The molecule has 0 heterocycles. The maximum absolute atomic E-state index is 2.38. The molecule has 104 heavy (non-hydrogen) atoms. The summed E-state index contributed by atoms with van der Waals surface area (Å²) in [5.41, 5.74) is 0. The lowest BCUT2D eigenvalue weighted by atomic mass is 10.1. The average Bonchev–Trinajstić information content (AvgIpc) is 0.904. The molecule has 640 valence electrons. The van der Waals surface area contributed by atoms with Gasteiger partial charge in [-0.3, -0.25) is 0 Å². The molecule has 0 aromatic carbocycles. The molecule has 0 N–H and O–H groups in total. The van der Waals surface area contributed by atoms with E-state index in [0.29, 0.717) is 0 Å². The molecule has 0 aliphatic heterocycles. The van der Waals surface area contributed by atoms with Crippen molar-refractivity contribution in [3.05, 3.63) is 0 Å². The normalized spacial score (nSPS) is 11.5. The Morgan fingerprint density at radius 2 is 0.154 bits per heavy atom. The van der Waals surface area contributed by atoms with Gasteiger partial charge in [-0.2, -0.15) is 0 Å². The Morgan fingerprint density at radius 3 is 0.240 bits per heavy atom. The summed E-state index contributed by atoms with van der Waals surface area (Å²) in [6, 6.07) is 0. The second-order valence-corrected chi connectivity index (χ2v) is 51.8. The Kier molecular flexibility index (Phi) is 117. The quantitative estimate of drug-likeness (QED) is 0.0323. The SMILES string of the molecule is CCCCCCCCCCCC[P+](CCCC)(CCCC)CCCC.CCCCCCCCCCCC[P+](CCCC)(CCCC)CCCC.CCCCCCCCCCCC[P+](CCCC)(CCCC)CCCC.CCCCCCCCCCCC[P+](CCCC)(CCCC)CCCC.[F-].[F-].[F-].[F-]. The minimum absolute atomic E-state index is 0. The van der Waals surface area contributed by atoms with E-state index in [2.05, 4.69) is 111 Å². The van der Waals surface area contributed by atoms with Crippen LogP contribution in [0.2, 0.25) is 0 Å². The molecule has 0 aliphatic rings. The maximum Gasteiger partial charge on any atom is 0.0594 e. The van der Waals surface area contributed by atoms with E-state index in [1.54, 1.807) is 124 Å². The number of hydrogen-bond donors (Lipinski definition) is 0. The first-order valence-electron chi connectivity index (χ1n) is 48.4. The zero-order chi connectivity index (χ0) is 74.6. The van der Waals surface area contributed by atoms with Crippen molar-refractivity contribution >= 4 is 29.0 Å². The molecule has 0 aromatic rings. The maximum atomic E-state index is 2.38. The van der Waals surface area contributed by atoms with Crippen molar-refractivity contribution in [3.63, 3.8) is 0 Å². The van der Waals surface area contributed by atoms with Gasteiger partial charge in [-0.15, -0.1) is 0 Å². The molecule has 0 saturated heterocycles. The van der Waals surface area contributed by atoms with Gasteiger partial charge in [-0.1, -0.05) is 393 Å². The van der Waals surface area contributed by atoms with Crippen LogP contribution >= 0.6 is 29.0 Å². The van der Waals surface area contributed by atoms with Crippen LogP contribution in [0.3, 0.4) is 0 Å². The Hall–Kier alpha value is 1.44. The fraction of sp³-hybridized carbons (Fsp3) is 1.00. The molecule has 0 aliphatic carbocycles. The van der Waals surface area contributed by atoms with Gasteiger partial charge in [0.2, 0.25) is 0 Å². The first kappa shape index (κ1) is 121. The van der Waals surface area contributed by atoms with Gasteiger partial charge in [0.25, 0.3) is 0 Å². The highest BCUT2D eigenvalue weighted by atomic mass is 31.2. The molecule has 0 nitrogen and oxygen atoms in total. The van der Waals surface area contributed by atoms with E-state index >= 15 is 0 Å². The molecule has 0 amide bonds. The van der Waals surface area contributed by atoms with Gasteiger partial charge in [0.1, 0.15) is 0 Å². The van der Waals surface area contributed by atoms with Gasteiger partial charge < -0.3 is 18.8 Å². The smallest absolute Gasteiger partial charge is 0.0594 e. The van der Waals surface area contributed by atoms with E-state index in [0.717, 1.165) is 0 Å². The Morgan fingerprint density at radius 1 is 0.0865 bits per heavy atom. The molecule has 0 unspecified atom stereocenters. The molecule has 0 spiro atoms. The van der Waals surface area contributed by atoms with Crippen LogP contribution in [0.5, 0.6) is 0 Å². The molecule has 0 bridgehead atoms. The van der Waals surface area contributed by atoms with Crippen LogP contribution in [0, 0.1) is 0 Å². The Balaban J connectivity index is -0.000000194. The highest BCUT2D eigenvalue weighted by Crippen LogP contribution is 2.64. The van der Waals surface area contributed by atoms with E-state index < -0.39 is 29.0 Å². The monoisotopic (exact) mass is 1560 g/mol. The van der Waals surface area contributed by atoms with Crippen molar-refractivity contribution in [2.24, 2.45) is 0 Å². The predicted molar refractivity (Wildman–Crippen MR) is 492 cm³/mol. The van der Waals surface area contributed by atoms with Crippen molar-refractivity contribution in [2.75, 3.05) is 98.6 Å². The van der Waals surface area contributed by atoms with Crippen LogP contribution < -0.4 is 18.8 Å². The minimum atomic E-state index is -0.620. The highest BCUT2D eigenvalue weighted by molar-refractivity contribution is 7.76. The summed E-state index contributed by atoms with van der Waals surface area (Å²) in [7, 11) is -2.48. The summed E-state index contributed by atoms with van der Waals surface area (Å²) in [5.74, 6) is 0. The van der Waals surface area contributed by atoms with E-state index in [1.165, 1.54) is 385 Å². The first-order valence-corrected chi connectivity index (χ1v) is 58.5. The standard InChI is InChI=1S/4C24H52P.4FH/c4*1-5-9-13-14-15-16-17-18-19-20-24-25(21-10-6-2,22-11-7-3)23-12-8-4;;;;/h4*5-24H2,1-4H3;4*1H/q4*+1;;;;/p-4. The highest BCUT2D eigenvalue weighted by Gasteiger charge is 2.38. The van der Waals surface area contributed by atoms with Crippen molar-refractivity contribution in [1.29, 1.82) is 0 Å². The zero-order valence-electron chi connectivity index (χ0n) is 75.9. The van der Waals surface area contributed by atoms with Crippen LogP contribution in [0.15, 0.2) is 0 Å². The summed E-state index contributed by atoms with van der Waals surface area (Å²) < 4.78 is 0. The van der Waals surface area contributed by atoms with Crippen molar-refractivity contribution in [2.45, 2.75) is 522 Å². The minimum Gasteiger partial charge on any atom is -1.00 e. The summed E-state index contributed by atoms with van der Waals surface area (Å²) >= 11 is 0. The molecule has 8 heteroatoms. The van der Waals surface area contributed by atoms with Gasteiger partial charge in [0.05, 0.1) is 98.6 Å². The molecular formula is C96H208F4P4. The van der Waals surface area contributed by atoms with E-state index in [1.807, 2.05) is 0 Å². The molecule has 0 atom stereocenters. The van der Waals surface area contributed by atoms with Crippen LogP contribution in [-0.4, -0.2) is 98.6 Å². The number of halogens is 4. The van der Waals surface area contributed by atoms with Crippen molar-refractivity contribution < 1.29 is 18.8 Å². The summed E-state index contributed by atoms with van der Waals surface area (Å²) in [5, 5.41) is 0. The molecule has 0 saturated carbocycles. The Bertz CT molecular complexity index is 1140. The summed E-state index contributed by atoms with van der Waals surface area (Å²) in [6.07, 6.45) is 120. The van der Waals surface area contributed by atoms with Gasteiger partial charge in [0.15, 0.2) is 0 Å². The van der Waals surface area contributed by atoms with E-state index in [-0.39, 0.29) is 18.8 Å². The van der Waals surface area contributed by atoms with Crippen LogP contribution in [-0.2, 0) is 0 Å². The fourth-order valence-electron chi connectivity index (χ4n) is 16.3. The third-order valence-corrected chi connectivity index (χ3v) is 44.0. The third-order valence-electron chi connectivity index (χ3n) is 23.8. The van der Waals surface area contributed by atoms with E-state index in [4.69, 9.17) is 0 Å². The first-order chi connectivity index (χ1) is 49.0. The summed E-state index contributed by atoms with van der Waals surface area (Å²) in [4.78, 5) is 0. The van der Waals surface area contributed by atoms with Crippen molar-refractivity contribution in [3.8, 4) is 0 Å². The number of unbranched alkanes of at least 4 members (excludes halogenated alkanes) is 48. The summed E-state index contributed by atoms with van der Waals surface area (Å²) in [6.45, 7) is 37.8. The molecule has 0 aromatic heterocycles. The molecule has 0 radical (unpaired) electrons. The van der Waals surface area contributed by atoms with Crippen LogP contribution in [0.25, 0.3) is 0 Å². The topological polar surface area (TPSA) is 0 Å². The lowest BCUT2D eigenvalue weighted by Gasteiger charge is -2.28. The number of rotatable bonds is 80. The third kappa shape index (κ3) is 84.4. The second kappa shape index (κ2) is 101. The van der Waals surface area contributed by atoms with Gasteiger partial charge in [-0.25, -0.2) is 0 Å². The molecular weight excluding hydrogens is 1350 g/mol. The Labute approximate surface area is 664 Å². The molecule has 0 fully saturated rings. The lowest BCUT2D eigenvalue weighted by molar-refractivity contribution is -0.001000. The second-order valence-electron chi connectivity index (χ2n) is 33.9. The predicted octanol–water partition coefficient (Wildman–Crippen LogP) is 25.3. The van der Waals surface area contributed by atoms with Gasteiger partial charge >= 0.3 is 0 Å².